The molecule has 2 saturated heterocycles. The van der Waals surface area contributed by atoms with E-state index in [0.717, 1.165) is 11.1 Å². The second kappa shape index (κ2) is 5.79. The van der Waals surface area contributed by atoms with E-state index in [0.29, 0.717) is 10.6 Å². The number of hydrogen-bond acceptors (Lipinski definition) is 4. The summed E-state index contributed by atoms with van der Waals surface area (Å²) in [6, 6.07) is 13.3. The highest BCUT2D eigenvalue weighted by atomic mass is 35.5. The van der Waals surface area contributed by atoms with E-state index in [2.05, 4.69) is 5.32 Å². The summed E-state index contributed by atoms with van der Waals surface area (Å²) in [7, 11) is 0. The molecule has 0 bridgehead atoms. The zero-order valence-corrected chi connectivity index (χ0v) is 14.9. The van der Waals surface area contributed by atoms with Crippen LogP contribution in [0, 0.1) is 11.8 Å². The van der Waals surface area contributed by atoms with E-state index in [4.69, 9.17) is 11.6 Å². The highest BCUT2D eigenvalue weighted by Crippen LogP contribution is 2.51. The summed E-state index contributed by atoms with van der Waals surface area (Å²) in [6.07, 6.45) is 3.77. The third-order valence-corrected chi connectivity index (χ3v) is 5.95. The molecule has 2 aromatic carbocycles. The summed E-state index contributed by atoms with van der Waals surface area (Å²) in [5, 5.41) is 2.96. The molecule has 134 valence electrons. The molecule has 2 amide bonds. The summed E-state index contributed by atoms with van der Waals surface area (Å²) in [5.41, 5.74) is 2.44. The molecule has 3 heterocycles. The maximum Gasteiger partial charge on any atom is 0.233 e. The Kier molecular flexibility index (Phi) is 3.49. The van der Waals surface area contributed by atoms with Crippen molar-refractivity contribution in [2.75, 3.05) is 0 Å². The maximum absolute atomic E-state index is 13.3. The van der Waals surface area contributed by atoms with Gasteiger partial charge >= 0.3 is 0 Å². The van der Waals surface area contributed by atoms with Crippen molar-refractivity contribution in [1.29, 1.82) is 0 Å². The monoisotopic (exact) mass is 378 g/mol. The quantitative estimate of drug-likeness (QED) is 0.644. The summed E-state index contributed by atoms with van der Waals surface area (Å²) in [6.45, 7) is 0. The van der Waals surface area contributed by atoms with Crippen molar-refractivity contribution < 1.29 is 14.4 Å². The molecule has 5 rings (SSSR count). The number of rotatable bonds is 2. The first-order valence-electron chi connectivity index (χ1n) is 8.75. The fourth-order valence-corrected chi connectivity index (χ4v) is 4.69. The van der Waals surface area contributed by atoms with Crippen molar-refractivity contribution in [2.24, 2.45) is 11.8 Å². The molecule has 6 heteroatoms. The average molecular weight is 379 g/mol. The second-order valence-electron chi connectivity index (χ2n) is 7.06. The van der Waals surface area contributed by atoms with E-state index in [1.807, 2.05) is 41.4 Å². The topological polar surface area (TPSA) is 66.5 Å². The van der Waals surface area contributed by atoms with Gasteiger partial charge in [0.2, 0.25) is 11.8 Å². The number of benzene rings is 2. The highest BCUT2D eigenvalue weighted by Gasteiger charge is 2.61. The minimum absolute atomic E-state index is 0.182. The Morgan fingerprint density at radius 3 is 2.44 bits per heavy atom. The largest absolute Gasteiger partial charge is 0.358 e. The molecule has 4 atom stereocenters. The third kappa shape index (κ3) is 2.28. The number of carbonyl (C=O) groups is 3. The van der Waals surface area contributed by atoms with Gasteiger partial charge in [0.25, 0.3) is 0 Å². The Morgan fingerprint density at radius 2 is 1.67 bits per heavy atom. The van der Waals surface area contributed by atoms with Crippen LogP contribution < -0.4 is 5.32 Å². The molecule has 27 heavy (non-hydrogen) atoms. The normalized spacial score (nSPS) is 27.8. The zero-order valence-electron chi connectivity index (χ0n) is 14.1. The Hall–Kier alpha value is -2.92. The second-order valence-corrected chi connectivity index (χ2v) is 7.49. The van der Waals surface area contributed by atoms with E-state index in [-0.39, 0.29) is 23.6 Å². The first kappa shape index (κ1) is 16.3. The lowest BCUT2D eigenvalue weighted by Gasteiger charge is -2.34. The molecule has 5 nitrogen and oxygen atoms in total. The van der Waals surface area contributed by atoms with Crippen molar-refractivity contribution in [3.05, 3.63) is 76.4 Å². The lowest BCUT2D eigenvalue weighted by molar-refractivity contribution is -0.127. The summed E-state index contributed by atoms with van der Waals surface area (Å²) in [5.74, 6) is -2.15. The van der Waals surface area contributed by atoms with Crippen LogP contribution in [-0.4, -0.2) is 28.5 Å². The van der Waals surface area contributed by atoms with Crippen LogP contribution in [0.25, 0.3) is 6.08 Å². The third-order valence-electron chi connectivity index (χ3n) is 5.70. The molecule has 0 aromatic heterocycles. The van der Waals surface area contributed by atoms with Gasteiger partial charge in [-0.25, -0.2) is 0 Å². The van der Waals surface area contributed by atoms with E-state index in [9.17, 15) is 14.4 Å². The van der Waals surface area contributed by atoms with E-state index < -0.39 is 17.9 Å². The molecule has 0 spiro atoms. The van der Waals surface area contributed by atoms with E-state index >= 15 is 0 Å². The molecular formula is C21H15ClN2O3. The Balaban J connectivity index is 1.64. The fourth-order valence-electron chi connectivity index (χ4n) is 4.56. The van der Waals surface area contributed by atoms with Crippen LogP contribution in [0.1, 0.15) is 27.5 Å². The molecule has 0 radical (unpaired) electrons. The SMILES string of the molecule is O=C1NC(=O)[C@H]2[C@@H]1[C@H](C(=O)c1ccc(Cl)cc1)N1C=Cc3ccccc3[C@@H]21. The predicted octanol–water partition coefficient (Wildman–Crippen LogP) is 2.82. The van der Waals surface area contributed by atoms with Gasteiger partial charge in [-0.05, 0) is 41.5 Å². The van der Waals surface area contributed by atoms with Crippen LogP contribution in [0.5, 0.6) is 0 Å². The first-order valence-corrected chi connectivity index (χ1v) is 9.13. The molecule has 0 saturated carbocycles. The van der Waals surface area contributed by atoms with Gasteiger partial charge in [0.15, 0.2) is 5.78 Å². The molecule has 1 N–H and O–H groups in total. The molecule has 2 aromatic rings. The van der Waals surface area contributed by atoms with E-state index in [1.165, 1.54) is 0 Å². The first-order chi connectivity index (χ1) is 13.1. The lowest BCUT2D eigenvalue weighted by atomic mass is 9.83. The van der Waals surface area contributed by atoms with Gasteiger partial charge in [-0.1, -0.05) is 35.9 Å². The minimum atomic E-state index is -0.725. The van der Waals surface area contributed by atoms with Crippen LogP contribution in [0.2, 0.25) is 5.02 Å². The molecule has 3 aliphatic heterocycles. The van der Waals surface area contributed by atoms with Gasteiger partial charge in [0, 0.05) is 16.8 Å². The number of carbonyl (C=O) groups excluding carboxylic acids is 3. The molecular weight excluding hydrogens is 364 g/mol. The predicted molar refractivity (Wildman–Crippen MR) is 99.8 cm³/mol. The van der Waals surface area contributed by atoms with Gasteiger partial charge in [0.05, 0.1) is 17.9 Å². The Morgan fingerprint density at radius 1 is 0.963 bits per heavy atom. The number of fused-ring (bicyclic) bond motifs is 5. The fraction of sp³-hybridized carbons (Fsp3) is 0.190. The molecule has 0 aliphatic carbocycles. The zero-order chi connectivity index (χ0) is 18.7. The number of ketones is 1. The van der Waals surface area contributed by atoms with Crippen molar-refractivity contribution in [1.82, 2.24) is 10.2 Å². The van der Waals surface area contributed by atoms with Gasteiger partial charge in [0.1, 0.15) is 6.04 Å². The number of Topliss-reactive ketones (excluding diaryl/α,β-unsaturated/α-hetero) is 1. The molecule has 0 unspecified atom stereocenters. The van der Waals surface area contributed by atoms with Gasteiger partial charge in [-0.2, -0.15) is 0 Å². The number of hydrogen-bond donors (Lipinski definition) is 1. The van der Waals surface area contributed by atoms with Crippen LogP contribution in [0.15, 0.2) is 54.7 Å². The average Bonchev–Trinajstić information content (AvgIpc) is 3.17. The van der Waals surface area contributed by atoms with Crippen molar-refractivity contribution in [3.63, 3.8) is 0 Å². The van der Waals surface area contributed by atoms with Gasteiger partial charge < -0.3 is 4.90 Å². The Labute approximate surface area is 160 Å². The number of nitrogens with one attached hydrogen (secondary N) is 1. The number of nitrogens with zero attached hydrogens (tertiary/aromatic N) is 1. The summed E-state index contributed by atoms with van der Waals surface area (Å²) in [4.78, 5) is 40.3. The number of halogens is 1. The summed E-state index contributed by atoms with van der Waals surface area (Å²) >= 11 is 5.93. The van der Waals surface area contributed by atoms with Crippen molar-refractivity contribution in [3.8, 4) is 0 Å². The number of imide groups is 1. The standard InChI is InChI=1S/C21H15ClN2O3/c22-13-7-5-12(6-8-13)19(25)18-16-15(20(26)23-21(16)27)17-14-4-2-1-3-11(14)9-10-24(17)18/h1-10,15-18H,(H,23,26,27)/t15-,16+,17-,18+/m0/s1. The van der Waals surface area contributed by atoms with Gasteiger partial charge in [-0.15, -0.1) is 0 Å². The minimum Gasteiger partial charge on any atom is -0.358 e. The Bertz CT molecular complexity index is 1010. The van der Waals surface area contributed by atoms with Crippen molar-refractivity contribution >= 4 is 35.3 Å². The van der Waals surface area contributed by atoms with Crippen LogP contribution >= 0.6 is 11.6 Å². The molecule has 2 fully saturated rings. The maximum atomic E-state index is 13.3. The number of amides is 2. The van der Waals surface area contributed by atoms with Gasteiger partial charge in [-0.3, -0.25) is 19.7 Å². The highest BCUT2D eigenvalue weighted by molar-refractivity contribution is 6.30. The van der Waals surface area contributed by atoms with Crippen molar-refractivity contribution in [2.45, 2.75) is 12.1 Å². The van der Waals surface area contributed by atoms with Crippen LogP contribution in [-0.2, 0) is 9.59 Å². The van der Waals surface area contributed by atoms with Crippen LogP contribution in [0.3, 0.4) is 0 Å². The molecule has 3 aliphatic rings. The lowest BCUT2D eigenvalue weighted by Crippen LogP contribution is -2.42. The summed E-state index contributed by atoms with van der Waals surface area (Å²) < 4.78 is 0. The van der Waals surface area contributed by atoms with E-state index in [1.54, 1.807) is 24.3 Å². The van der Waals surface area contributed by atoms with Crippen LogP contribution in [0.4, 0.5) is 0 Å². The smallest absolute Gasteiger partial charge is 0.233 e.